The molecule has 0 saturated heterocycles. The van der Waals surface area contributed by atoms with Gasteiger partial charge in [-0.15, -0.1) is 0 Å². The summed E-state index contributed by atoms with van der Waals surface area (Å²) < 4.78 is 0. The van der Waals surface area contributed by atoms with E-state index < -0.39 is 0 Å². The summed E-state index contributed by atoms with van der Waals surface area (Å²) in [6, 6.07) is 18.7. The van der Waals surface area contributed by atoms with Gasteiger partial charge < -0.3 is 10.6 Å². The molecule has 2 aromatic carbocycles. The van der Waals surface area contributed by atoms with Gasteiger partial charge in [0.25, 0.3) is 5.91 Å². The van der Waals surface area contributed by atoms with Crippen molar-refractivity contribution >= 4 is 11.8 Å². The van der Waals surface area contributed by atoms with Crippen molar-refractivity contribution in [2.45, 2.75) is 51.1 Å². The zero-order valence-electron chi connectivity index (χ0n) is 15.9. The number of amides is 2. The van der Waals surface area contributed by atoms with Crippen LogP contribution in [-0.2, 0) is 4.79 Å². The number of carbonyl (C=O) groups excluding carboxylic acids is 2. The summed E-state index contributed by atoms with van der Waals surface area (Å²) in [4.78, 5) is 25.2. The van der Waals surface area contributed by atoms with E-state index in [1.807, 2.05) is 48.5 Å². The molecule has 0 heterocycles. The number of hydrogen-bond donors (Lipinski definition) is 2. The molecular weight excluding hydrogens is 336 g/mol. The number of benzene rings is 2. The van der Waals surface area contributed by atoms with Gasteiger partial charge in [-0.1, -0.05) is 55.5 Å². The van der Waals surface area contributed by atoms with Crippen LogP contribution < -0.4 is 10.6 Å². The summed E-state index contributed by atoms with van der Waals surface area (Å²) >= 11 is 0. The fraction of sp³-hybridized carbons (Fsp3) is 0.391. The lowest BCUT2D eigenvalue weighted by molar-refractivity contribution is -0.122. The van der Waals surface area contributed by atoms with E-state index in [4.69, 9.17) is 0 Å². The van der Waals surface area contributed by atoms with Crippen molar-refractivity contribution in [3.8, 4) is 0 Å². The van der Waals surface area contributed by atoms with Crippen LogP contribution in [0.5, 0.6) is 0 Å². The quantitative estimate of drug-likeness (QED) is 0.805. The minimum atomic E-state index is -0.346. The molecule has 142 valence electrons. The predicted molar refractivity (Wildman–Crippen MR) is 107 cm³/mol. The van der Waals surface area contributed by atoms with Gasteiger partial charge in [-0.05, 0) is 49.3 Å². The molecule has 2 N–H and O–H groups in total. The Bertz CT molecular complexity index is 737. The van der Waals surface area contributed by atoms with E-state index in [2.05, 4.69) is 17.6 Å². The molecule has 0 aliphatic heterocycles. The molecule has 2 aromatic rings. The van der Waals surface area contributed by atoms with Crippen LogP contribution >= 0.6 is 0 Å². The van der Waals surface area contributed by atoms with Gasteiger partial charge in [0.15, 0.2) is 0 Å². The fourth-order valence-electron chi connectivity index (χ4n) is 3.65. The maximum atomic E-state index is 12.6. The van der Waals surface area contributed by atoms with Crippen molar-refractivity contribution in [1.29, 1.82) is 0 Å². The topological polar surface area (TPSA) is 58.2 Å². The van der Waals surface area contributed by atoms with Gasteiger partial charge in [0.05, 0.1) is 12.5 Å². The summed E-state index contributed by atoms with van der Waals surface area (Å²) in [5.74, 6) is 0.584. The van der Waals surface area contributed by atoms with Crippen LogP contribution in [0.4, 0.5) is 0 Å². The summed E-state index contributed by atoms with van der Waals surface area (Å²) in [6.45, 7) is 2.27. The third-order valence-corrected chi connectivity index (χ3v) is 5.31. The molecule has 4 heteroatoms. The molecule has 3 rings (SSSR count). The van der Waals surface area contributed by atoms with Crippen LogP contribution in [0.2, 0.25) is 0 Å². The van der Waals surface area contributed by atoms with Crippen LogP contribution in [-0.4, -0.2) is 17.9 Å². The Balaban J connectivity index is 1.65. The molecule has 1 aliphatic carbocycles. The second-order valence-corrected chi connectivity index (χ2v) is 7.53. The second-order valence-electron chi connectivity index (χ2n) is 7.53. The highest BCUT2D eigenvalue weighted by Gasteiger charge is 2.23. The highest BCUT2D eigenvalue weighted by molar-refractivity contribution is 5.94. The van der Waals surface area contributed by atoms with E-state index >= 15 is 0 Å². The van der Waals surface area contributed by atoms with E-state index in [9.17, 15) is 9.59 Å². The lowest BCUT2D eigenvalue weighted by atomic mass is 9.87. The smallest absolute Gasteiger partial charge is 0.251 e. The highest BCUT2D eigenvalue weighted by atomic mass is 16.2. The first-order chi connectivity index (χ1) is 13.1. The normalized spacial score (nSPS) is 20.5. The van der Waals surface area contributed by atoms with Crippen LogP contribution in [0, 0.1) is 5.92 Å². The molecule has 1 saturated carbocycles. The second kappa shape index (κ2) is 9.36. The fourth-order valence-corrected chi connectivity index (χ4v) is 3.65. The van der Waals surface area contributed by atoms with E-state index in [0.29, 0.717) is 5.56 Å². The van der Waals surface area contributed by atoms with Gasteiger partial charge in [-0.3, -0.25) is 9.59 Å². The van der Waals surface area contributed by atoms with Crippen LogP contribution in [0.3, 0.4) is 0 Å². The molecule has 1 atom stereocenters. The van der Waals surface area contributed by atoms with Crippen LogP contribution in [0.15, 0.2) is 60.7 Å². The van der Waals surface area contributed by atoms with Crippen molar-refractivity contribution in [2.75, 3.05) is 0 Å². The Hall–Kier alpha value is -2.62. The minimum Gasteiger partial charge on any atom is -0.353 e. The summed E-state index contributed by atoms with van der Waals surface area (Å²) in [6.07, 6.45) is 4.66. The summed E-state index contributed by atoms with van der Waals surface area (Å²) in [5.41, 5.74) is 1.54. The Morgan fingerprint density at radius 1 is 0.926 bits per heavy atom. The highest BCUT2D eigenvalue weighted by Crippen LogP contribution is 2.24. The molecule has 0 radical (unpaired) electrons. The van der Waals surface area contributed by atoms with E-state index in [-0.39, 0.29) is 30.3 Å². The molecule has 1 fully saturated rings. The van der Waals surface area contributed by atoms with Crippen molar-refractivity contribution in [1.82, 2.24) is 10.6 Å². The first kappa shape index (κ1) is 19.2. The number of carbonyl (C=O) groups is 2. The third-order valence-electron chi connectivity index (χ3n) is 5.31. The maximum absolute atomic E-state index is 12.6. The zero-order valence-corrected chi connectivity index (χ0v) is 15.9. The Morgan fingerprint density at radius 3 is 2.15 bits per heavy atom. The lowest BCUT2D eigenvalue weighted by Crippen LogP contribution is -2.40. The largest absolute Gasteiger partial charge is 0.353 e. The minimum absolute atomic E-state index is 0.00299. The molecule has 0 unspecified atom stereocenters. The average molecular weight is 364 g/mol. The Kier molecular flexibility index (Phi) is 6.64. The summed E-state index contributed by atoms with van der Waals surface area (Å²) in [7, 11) is 0. The first-order valence-electron chi connectivity index (χ1n) is 9.82. The third kappa shape index (κ3) is 5.68. The molecule has 1 aliphatic rings. The van der Waals surface area contributed by atoms with Gasteiger partial charge in [0, 0.05) is 11.6 Å². The van der Waals surface area contributed by atoms with Crippen molar-refractivity contribution in [3.63, 3.8) is 0 Å². The van der Waals surface area contributed by atoms with Gasteiger partial charge in [-0.25, -0.2) is 0 Å². The van der Waals surface area contributed by atoms with E-state index in [1.54, 1.807) is 12.1 Å². The predicted octanol–water partition coefficient (Wildman–Crippen LogP) is 4.24. The number of rotatable bonds is 6. The molecule has 0 bridgehead atoms. The number of hydrogen-bond acceptors (Lipinski definition) is 2. The lowest BCUT2D eigenvalue weighted by Gasteiger charge is -2.28. The molecular formula is C23H28N2O2. The Morgan fingerprint density at radius 2 is 1.52 bits per heavy atom. The standard InChI is InChI=1S/C23H28N2O2/c1-17-12-14-20(15-13-17)24-22(26)16-21(18-8-4-2-5-9-18)25-23(27)19-10-6-3-7-11-19/h2-11,17,20-21H,12-16H2,1H3,(H,24,26)(H,25,27)/t17?,20?,21-/m1/s1. The average Bonchev–Trinajstić information content (AvgIpc) is 2.70. The van der Waals surface area contributed by atoms with Gasteiger partial charge in [0.2, 0.25) is 5.91 Å². The molecule has 27 heavy (non-hydrogen) atoms. The molecule has 0 aromatic heterocycles. The summed E-state index contributed by atoms with van der Waals surface area (Å²) in [5, 5.41) is 6.19. The monoisotopic (exact) mass is 364 g/mol. The van der Waals surface area contributed by atoms with Gasteiger partial charge >= 0.3 is 0 Å². The van der Waals surface area contributed by atoms with E-state index in [0.717, 1.165) is 37.2 Å². The molecule has 0 spiro atoms. The van der Waals surface area contributed by atoms with Crippen LogP contribution in [0.25, 0.3) is 0 Å². The molecule has 4 nitrogen and oxygen atoms in total. The van der Waals surface area contributed by atoms with Crippen molar-refractivity contribution in [2.24, 2.45) is 5.92 Å². The molecule has 2 amide bonds. The van der Waals surface area contributed by atoms with Crippen LogP contribution in [0.1, 0.15) is 61.0 Å². The zero-order chi connectivity index (χ0) is 19.1. The maximum Gasteiger partial charge on any atom is 0.251 e. The van der Waals surface area contributed by atoms with Gasteiger partial charge in [0.1, 0.15) is 0 Å². The van der Waals surface area contributed by atoms with Crippen molar-refractivity contribution < 1.29 is 9.59 Å². The Labute approximate surface area is 161 Å². The van der Waals surface area contributed by atoms with E-state index in [1.165, 1.54) is 0 Å². The van der Waals surface area contributed by atoms with Gasteiger partial charge in [-0.2, -0.15) is 0 Å². The first-order valence-corrected chi connectivity index (χ1v) is 9.82. The van der Waals surface area contributed by atoms with Crippen molar-refractivity contribution in [3.05, 3.63) is 71.8 Å². The number of nitrogens with one attached hydrogen (secondary N) is 2. The SMILES string of the molecule is CC1CCC(NC(=O)C[C@@H](NC(=O)c2ccccc2)c2ccccc2)CC1.